The Labute approximate surface area is 149 Å². The molecule has 0 aliphatic heterocycles. The van der Waals surface area contributed by atoms with Crippen LogP contribution in [0.15, 0.2) is 64.6 Å². The van der Waals surface area contributed by atoms with Crippen molar-refractivity contribution in [2.75, 3.05) is 0 Å². The van der Waals surface area contributed by atoms with E-state index in [0.29, 0.717) is 5.56 Å². The number of hydrogen-bond acceptors (Lipinski definition) is 5. The van der Waals surface area contributed by atoms with Crippen LogP contribution in [0.5, 0.6) is 0 Å². The molecule has 1 N–H and O–H groups in total. The van der Waals surface area contributed by atoms with Gasteiger partial charge in [0.05, 0.1) is 17.2 Å². The van der Waals surface area contributed by atoms with E-state index < -0.39 is 0 Å². The zero-order valence-corrected chi connectivity index (χ0v) is 14.8. The molecule has 3 rings (SSSR count). The van der Waals surface area contributed by atoms with Crippen LogP contribution in [-0.2, 0) is 5.75 Å². The second-order valence-corrected chi connectivity index (χ2v) is 7.04. The van der Waals surface area contributed by atoms with E-state index in [1.54, 1.807) is 35.5 Å². The van der Waals surface area contributed by atoms with Crippen molar-refractivity contribution in [3.63, 3.8) is 0 Å². The lowest BCUT2D eigenvalue weighted by Gasteiger charge is -2.14. The van der Waals surface area contributed by atoms with E-state index in [1.807, 2.05) is 48.8 Å². The third kappa shape index (κ3) is 4.43. The van der Waals surface area contributed by atoms with Gasteiger partial charge in [0.2, 0.25) is 0 Å². The molecule has 2 heterocycles. The molecule has 0 aliphatic carbocycles. The molecule has 2 aromatic heterocycles. The smallest absolute Gasteiger partial charge is 0.251 e. The standard InChI is InChI=1S/C18H17N3OS2/c1-13(15-3-2-8-19-9-15)21-18(22)14-4-6-17(7-5-14)24-11-16-10-23-12-20-16/h2-10,12-13H,11H2,1H3,(H,21,22)/t13-/m0/s1. The van der Waals surface area contributed by atoms with Gasteiger partial charge in [0.25, 0.3) is 5.91 Å². The van der Waals surface area contributed by atoms with E-state index in [2.05, 4.69) is 20.7 Å². The molecule has 0 radical (unpaired) electrons. The molecule has 6 heteroatoms. The monoisotopic (exact) mass is 355 g/mol. The highest BCUT2D eigenvalue weighted by molar-refractivity contribution is 7.98. The highest BCUT2D eigenvalue weighted by atomic mass is 32.2. The summed E-state index contributed by atoms with van der Waals surface area (Å²) >= 11 is 3.32. The fraction of sp³-hybridized carbons (Fsp3) is 0.167. The van der Waals surface area contributed by atoms with Crippen molar-refractivity contribution < 1.29 is 4.79 Å². The fourth-order valence-corrected chi connectivity index (χ4v) is 3.63. The van der Waals surface area contributed by atoms with Gasteiger partial charge in [0.1, 0.15) is 0 Å². The third-order valence-electron chi connectivity index (χ3n) is 3.52. The predicted molar refractivity (Wildman–Crippen MR) is 98.2 cm³/mol. The molecular formula is C18H17N3OS2. The number of carbonyl (C=O) groups is 1. The molecule has 0 saturated carbocycles. The number of pyridine rings is 1. The molecule has 1 amide bonds. The van der Waals surface area contributed by atoms with Gasteiger partial charge in [-0.15, -0.1) is 23.1 Å². The van der Waals surface area contributed by atoms with Crippen molar-refractivity contribution in [1.29, 1.82) is 0 Å². The number of nitrogens with zero attached hydrogens (tertiary/aromatic N) is 2. The van der Waals surface area contributed by atoms with Gasteiger partial charge < -0.3 is 5.32 Å². The molecule has 1 atom stereocenters. The Morgan fingerprint density at radius 2 is 2.12 bits per heavy atom. The summed E-state index contributed by atoms with van der Waals surface area (Å²) in [6.45, 7) is 1.95. The van der Waals surface area contributed by atoms with Crippen molar-refractivity contribution in [1.82, 2.24) is 15.3 Å². The normalized spacial score (nSPS) is 11.9. The Kier molecular flexibility index (Phi) is 5.61. The van der Waals surface area contributed by atoms with Crippen LogP contribution < -0.4 is 5.32 Å². The summed E-state index contributed by atoms with van der Waals surface area (Å²) in [5.41, 5.74) is 4.56. The second kappa shape index (κ2) is 8.08. The highest BCUT2D eigenvalue weighted by Crippen LogP contribution is 2.23. The maximum atomic E-state index is 12.3. The quantitative estimate of drug-likeness (QED) is 0.669. The molecule has 24 heavy (non-hydrogen) atoms. The first-order valence-corrected chi connectivity index (χ1v) is 9.46. The molecule has 0 bridgehead atoms. The zero-order chi connectivity index (χ0) is 16.8. The number of thiazole rings is 1. The average Bonchev–Trinajstić information content (AvgIpc) is 3.14. The van der Waals surface area contributed by atoms with Crippen LogP contribution in [0.25, 0.3) is 0 Å². The second-order valence-electron chi connectivity index (χ2n) is 5.27. The first-order chi connectivity index (χ1) is 11.7. The van der Waals surface area contributed by atoms with Crippen LogP contribution >= 0.6 is 23.1 Å². The third-order valence-corrected chi connectivity index (χ3v) is 5.20. The van der Waals surface area contributed by atoms with Gasteiger partial charge in [-0.1, -0.05) is 6.07 Å². The van der Waals surface area contributed by atoms with Crippen molar-refractivity contribution >= 4 is 29.0 Å². The maximum absolute atomic E-state index is 12.3. The number of benzene rings is 1. The maximum Gasteiger partial charge on any atom is 0.251 e. The highest BCUT2D eigenvalue weighted by Gasteiger charge is 2.11. The predicted octanol–water partition coefficient (Wildman–Crippen LogP) is 4.32. The van der Waals surface area contributed by atoms with Gasteiger partial charge in [0, 0.05) is 34.0 Å². The summed E-state index contributed by atoms with van der Waals surface area (Å²) in [6, 6.07) is 11.4. The minimum atomic E-state index is -0.0811. The first kappa shape index (κ1) is 16.7. The van der Waals surface area contributed by atoms with E-state index in [0.717, 1.165) is 21.9 Å². The van der Waals surface area contributed by atoms with Crippen molar-refractivity contribution in [3.8, 4) is 0 Å². The molecular weight excluding hydrogens is 338 g/mol. The number of rotatable bonds is 6. The lowest BCUT2D eigenvalue weighted by molar-refractivity contribution is 0.0940. The summed E-state index contributed by atoms with van der Waals surface area (Å²) in [5, 5.41) is 5.04. The minimum Gasteiger partial charge on any atom is -0.345 e. The van der Waals surface area contributed by atoms with E-state index in [4.69, 9.17) is 0 Å². The van der Waals surface area contributed by atoms with Crippen molar-refractivity contribution in [3.05, 3.63) is 76.5 Å². The number of amides is 1. The number of carbonyl (C=O) groups excluding carboxylic acids is 1. The van der Waals surface area contributed by atoms with Crippen LogP contribution in [0, 0.1) is 0 Å². The summed E-state index contributed by atoms with van der Waals surface area (Å²) in [6.07, 6.45) is 3.49. The Morgan fingerprint density at radius 3 is 2.79 bits per heavy atom. The average molecular weight is 355 g/mol. The molecule has 122 valence electrons. The molecule has 1 aromatic carbocycles. The molecule has 0 fully saturated rings. The van der Waals surface area contributed by atoms with Gasteiger partial charge in [-0.2, -0.15) is 0 Å². The fourth-order valence-electron chi connectivity index (χ4n) is 2.16. The Morgan fingerprint density at radius 1 is 1.29 bits per heavy atom. The summed E-state index contributed by atoms with van der Waals surface area (Å²) in [7, 11) is 0. The molecule has 3 aromatic rings. The molecule has 4 nitrogen and oxygen atoms in total. The number of nitrogens with one attached hydrogen (secondary N) is 1. The van der Waals surface area contributed by atoms with E-state index in [-0.39, 0.29) is 11.9 Å². The molecule has 0 saturated heterocycles. The summed E-state index contributed by atoms with van der Waals surface area (Å²) in [4.78, 5) is 21.8. The van der Waals surface area contributed by atoms with Gasteiger partial charge >= 0.3 is 0 Å². The summed E-state index contributed by atoms with van der Waals surface area (Å²) in [5.74, 6) is 0.759. The van der Waals surface area contributed by atoms with Crippen LogP contribution in [-0.4, -0.2) is 15.9 Å². The van der Waals surface area contributed by atoms with Crippen LogP contribution in [0.2, 0.25) is 0 Å². The lowest BCUT2D eigenvalue weighted by Crippen LogP contribution is -2.26. The van der Waals surface area contributed by atoms with E-state index in [1.165, 1.54) is 0 Å². The van der Waals surface area contributed by atoms with Crippen LogP contribution in [0.1, 0.15) is 34.6 Å². The Hall–Kier alpha value is -2.18. The van der Waals surface area contributed by atoms with E-state index in [9.17, 15) is 4.79 Å². The van der Waals surface area contributed by atoms with Gasteiger partial charge in [-0.25, -0.2) is 4.98 Å². The zero-order valence-electron chi connectivity index (χ0n) is 13.2. The number of hydrogen-bond donors (Lipinski definition) is 1. The van der Waals surface area contributed by atoms with Gasteiger partial charge in [-0.05, 0) is 42.8 Å². The minimum absolute atomic E-state index is 0.0788. The van der Waals surface area contributed by atoms with Gasteiger partial charge in [-0.3, -0.25) is 9.78 Å². The largest absolute Gasteiger partial charge is 0.345 e. The number of thioether (sulfide) groups is 1. The number of aromatic nitrogens is 2. The van der Waals surface area contributed by atoms with Crippen LogP contribution in [0.3, 0.4) is 0 Å². The Balaban J connectivity index is 1.57. The topological polar surface area (TPSA) is 54.9 Å². The Bertz CT molecular complexity index is 774. The first-order valence-electron chi connectivity index (χ1n) is 7.53. The molecule has 0 spiro atoms. The van der Waals surface area contributed by atoms with Crippen molar-refractivity contribution in [2.45, 2.75) is 23.6 Å². The van der Waals surface area contributed by atoms with Crippen molar-refractivity contribution in [2.24, 2.45) is 0 Å². The SMILES string of the molecule is C[C@H](NC(=O)c1ccc(SCc2cscn2)cc1)c1cccnc1. The molecule has 0 unspecified atom stereocenters. The van der Waals surface area contributed by atoms with E-state index >= 15 is 0 Å². The molecule has 0 aliphatic rings. The lowest BCUT2D eigenvalue weighted by atomic mass is 10.1. The summed E-state index contributed by atoms with van der Waals surface area (Å²) < 4.78 is 0. The van der Waals surface area contributed by atoms with Gasteiger partial charge in [0.15, 0.2) is 0 Å². The van der Waals surface area contributed by atoms with Crippen LogP contribution in [0.4, 0.5) is 0 Å².